The van der Waals surface area contributed by atoms with Gasteiger partial charge in [0.25, 0.3) is 0 Å². The molecule has 0 radical (unpaired) electrons. The van der Waals surface area contributed by atoms with Crippen LogP contribution < -0.4 is 10.6 Å². The van der Waals surface area contributed by atoms with Crippen LogP contribution in [0.3, 0.4) is 0 Å². The van der Waals surface area contributed by atoms with Crippen molar-refractivity contribution in [3.8, 4) is 11.3 Å². The van der Waals surface area contributed by atoms with E-state index in [-0.39, 0.29) is 18.2 Å². The normalized spacial score (nSPS) is 20.4. The molecule has 0 saturated carbocycles. The molecule has 0 unspecified atom stereocenters. The monoisotopic (exact) mass is 381 g/mol. The lowest BCUT2D eigenvalue weighted by molar-refractivity contribution is -0.137. The Labute approximate surface area is 160 Å². The van der Waals surface area contributed by atoms with Crippen LogP contribution in [0.2, 0.25) is 0 Å². The van der Waals surface area contributed by atoms with Crippen LogP contribution in [-0.2, 0) is 9.59 Å². The molecule has 2 N–H and O–H groups in total. The number of nitrogens with one attached hydrogen (secondary N) is 2. The summed E-state index contributed by atoms with van der Waals surface area (Å²) >= 11 is 0. The second kappa shape index (κ2) is 7.67. The zero-order chi connectivity index (χ0) is 19.5. The Morgan fingerprint density at radius 2 is 1.89 bits per heavy atom. The highest BCUT2D eigenvalue weighted by Crippen LogP contribution is 2.27. The number of aromatic nitrogens is 4. The van der Waals surface area contributed by atoms with Crippen LogP contribution >= 0.6 is 0 Å². The highest BCUT2D eigenvalue weighted by molar-refractivity contribution is 6.02. The molecule has 2 saturated heterocycles. The van der Waals surface area contributed by atoms with Gasteiger partial charge in [-0.05, 0) is 18.9 Å². The van der Waals surface area contributed by atoms with E-state index in [9.17, 15) is 14.4 Å². The third-order valence-electron chi connectivity index (χ3n) is 4.95. The Hall–Kier alpha value is -3.43. The van der Waals surface area contributed by atoms with E-state index in [1.165, 1.54) is 6.33 Å². The number of nitrogens with zero attached hydrogens (tertiary/aromatic N) is 5. The van der Waals surface area contributed by atoms with Gasteiger partial charge in [0.1, 0.15) is 18.2 Å². The Morgan fingerprint density at radius 1 is 1.14 bits per heavy atom. The van der Waals surface area contributed by atoms with Crippen LogP contribution in [0.1, 0.15) is 31.0 Å². The third-order valence-corrected chi connectivity index (χ3v) is 4.95. The van der Waals surface area contributed by atoms with E-state index in [0.717, 1.165) is 17.1 Å². The van der Waals surface area contributed by atoms with E-state index in [2.05, 4.69) is 30.6 Å². The van der Waals surface area contributed by atoms with Gasteiger partial charge in [0, 0.05) is 43.2 Å². The molecular formula is C18H19N7O3. The highest BCUT2D eigenvalue weighted by Gasteiger charge is 2.34. The van der Waals surface area contributed by atoms with Gasteiger partial charge < -0.3 is 10.2 Å². The molecule has 144 valence electrons. The topological polar surface area (TPSA) is 130 Å². The van der Waals surface area contributed by atoms with Gasteiger partial charge >= 0.3 is 6.03 Å². The average Bonchev–Trinajstić information content (AvgIpc) is 2.73. The molecule has 2 fully saturated rings. The third kappa shape index (κ3) is 3.80. The molecule has 4 heterocycles. The number of carbonyl (C=O) groups excluding carboxylic acids is 3. The molecule has 0 aromatic carbocycles. The number of rotatable bonds is 3. The van der Waals surface area contributed by atoms with E-state index >= 15 is 0 Å². The molecule has 10 heteroatoms. The van der Waals surface area contributed by atoms with Gasteiger partial charge in [0.05, 0.1) is 12.1 Å². The van der Waals surface area contributed by atoms with Crippen molar-refractivity contribution in [3.63, 3.8) is 0 Å². The number of urea groups is 1. The van der Waals surface area contributed by atoms with Crippen LogP contribution in [-0.4, -0.2) is 61.8 Å². The van der Waals surface area contributed by atoms with Gasteiger partial charge in [-0.25, -0.2) is 24.7 Å². The zero-order valence-electron chi connectivity index (χ0n) is 15.0. The summed E-state index contributed by atoms with van der Waals surface area (Å²) in [7, 11) is 0. The summed E-state index contributed by atoms with van der Waals surface area (Å²) in [6.45, 7) is 1.05. The molecule has 4 rings (SSSR count). The molecule has 4 amide bonds. The van der Waals surface area contributed by atoms with Crippen LogP contribution in [0.4, 0.5) is 4.79 Å². The standard InChI is InChI=1S/C18H19N7O3/c26-15-7-14(23-18(28)24-15)17(27)25-5-2-11(3-6-25)16-21-4-1-13(22-16)12-8-19-10-20-9-12/h1,4,8-11,14H,2-3,5-7H2,(H2,23,24,26,28)/t14-/m0/s1. The van der Waals surface area contributed by atoms with Gasteiger partial charge in [-0.3, -0.25) is 14.9 Å². The quantitative estimate of drug-likeness (QED) is 0.779. The number of amides is 4. The van der Waals surface area contributed by atoms with E-state index in [1.807, 2.05) is 6.07 Å². The largest absolute Gasteiger partial charge is 0.341 e. The molecule has 2 aromatic heterocycles. The van der Waals surface area contributed by atoms with Crippen molar-refractivity contribution in [2.75, 3.05) is 13.1 Å². The maximum absolute atomic E-state index is 12.6. The fourth-order valence-corrected chi connectivity index (χ4v) is 3.50. The number of carbonyl (C=O) groups is 3. The van der Waals surface area contributed by atoms with Crippen molar-refractivity contribution in [1.29, 1.82) is 0 Å². The van der Waals surface area contributed by atoms with E-state index < -0.39 is 18.0 Å². The lowest BCUT2D eigenvalue weighted by atomic mass is 9.95. The summed E-state index contributed by atoms with van der Waals surface area (Å²) in [6, 6.07) is 0.396. The molecule has 28 heavy (non-hydrogen) atoms. The van der Waals surface area contributed by atoms with Crippen molar-refractivity contribution < 1.29 is 14.4 Å². The minimum Gasteiger partial charge on any atom is -0.341 e. The molecule has 0 bridgehead atoms. The average molecular weight is 381 g/mol. The number of hydrogen-bond donors (Lipinski definition) is 2. The van der Waals surface area contributed by atoms with Gasteiger partial charge in [-0.2, -0.15) is 0 Å². The second-order valence-electron chi connectivity index (χ2n) is 6.81. The molecule has 10 nitrogen and oxygen atoms in total. The Balaban J connectivity index is 1.40. The maximum atomic E-state index is 12.6. The van der Waals surface area contributed by atoms with Crippen molar-refractivity contribution in [1.82, 2.24) is 35.5 Å². The molecule has 2 aliphatic heterocycles. The summed E-state index contributed by atoms with van der Waals surface area (Å²) in [6.07, 6.45) is 7.99. The lowest BCUT2D eigenvalue weighted by Crippen LogP contribution is -2.58. The minimum atomic E-state index is -0.796. The van der Waals surface area contributed by atoms with Gasteiger partial charge in [-0.15, -0.1) is 0 Å². The minimum absolute atomic E-state index is 0.0329. The SMILES string of the molecule is O=C1C[C@@H](C(=O)N2CCC(c3nccc(-c4cncnc4)n3)CC2)NC(=O)N1. The Kier molecular flexibility index (Phi) is 4.92. The summed E-state index contributed by atoms with van der Waals surface area (Å²) in [4.78, 5) is 54.3. The van der Waals surface area contributed by atoms with Crippen molar-refractivity contribution in [2.45, 2.75) is 31.2 Å². The number of imide groups is 1. The molecule has 1 atom stereocenters. The predicted octanol–water partition coefficient (Wildman–Crippen LogP) is 0.238. The number of piperidine rings is 1. The van der Waals surface area contributed by atoms with E-state index in [4.69, 9.17) is 0 Å². The molecular weight excluding hydrogens is 362 g/mol. The first-order valence-corrected chi connectivity index (χ1v) is 9.07. The van der Waals surface area contributed by atoms with Crippen molar-refractivity contribution in [3.05, 3.63) is 36.8 Å². The van der Waals surface area contributed by atoms with Crippen molar-refractivity contribution in [2.24, 2.45) is 0 Å². The zero-order valence-corrected chi connectivity index (χ0v) is 15.0. The van der Waals surface area contributed by atoms with Crippen LogP contribution in [0.15, 0.2) is 31.0 Å². The molecule has 0 spiro atoms. The Bertz CT molecular complexity index is 881. The maximum Gasteiger partial charge on any atom is 0.322 e. The second-order valence-corrected chi connectivity index (χ2v) is 6.81. The summed E-state index contributed by atoms with van der Waals surface area (Å²) < 4.78 is 0. The molecule has 2 aromatic rings. The molecule has 2 aliphatic rings. The van der Waals surface area contributed by atoms with Gasteiger partial charge in [0.15, 0.2) is 0 Å². The smallest absolute Gasteiger partial charge is 0.322 e. The van der Waals surface area contributed by atoms with Crippen molar-refractivity contribution >= 4 is 17.8 Å². The molecule has 0 aliphatic carbocycles. The first-order valence-electron chi connectivity index (χ1n) is 9.07. The van der Waals surface area contributed by atoms with Gasteiger partial charge in [-0.1, -0.05) is 0 Å². The number of likely N-dealkylation sites (tertiary alicyclic amines) is 1. The first kappa shape index (κ1) is 18.0. The lowest BCUT2D eigenvalue weighted by Gasteiger charge is -2.34. The summed E-state index contributed by atoms with van der Waals surface area (Å²) in [5.74, 6) is 0.210. The van der Waals surface area contributed by atoms with Crippen LogP contribution in [0, 0.1) is 0 Å². The highest BCUT2D eigenvalue weighted by atomic mass is 16.2. The van der Waals surface area contributed by atoms with Crippen LogP contribution in [0.25, 0.3) is 11.3 Å². The van der Waals surface area contributed by atoms with E-state index in [1.54, 1.807) is 23.5 Å². The van der Waals surface area contributed by atoms with E-state index in [0.29, 0.717) is 25.9 Å². The fraction of sp³-hybridized carbons (Fsp3) is 0.389. The summed E-state index contributed by atoms with van der Waals surface area (Å²) in [5, 5.41) is 4.64. The fourth-order valence-electron chi connectivity index (χ4n) is 3.50. The Morgan fingerprint density at radius 3 is 2.61 bits per heavy atom. The number of hydrogen-bond acceptors (Lipinski definition) is 7. The van der Waals surface area contributed by atoms with Crippen LogP contribution in [0.5, 0.6) is 0 Å². The summed E-state index contributed by atoms with van der Waals surface area (Å²) in [5.41, 5.74) is 1.59. The van der Waals surface area contributed by atoms with Gasteiger partial charge in [0.2, 0.25) is 11.8 Å². The predicted molar refractivity (Wildman–Crippen MR) is 96.7 cm³/mol. The first-order chi connectivity index (χ1) is 13.6.